The Morgan fingerprint density at radius 1 is 0.930 bits per heavy atom. The molecule has 1 saturated carbocycles. The molecular weight excluding hydrogens is 540 g/mol. The predicted octanol–water partition coefficient (Wildman–Crippen LogP) is 5.05. The van der Waals surface area contributed by atoms with Crippen molar-refractivity contribution in [1.82, 2.24) is 39.6 Å². The van der Waals surface area contributed by atoms with Crippen LogP contribution in [0.3, 0.4) is 0 Å². The molecule has 2 aromatic heterocycles. The van der Waals surface area contributed by atoms with Gasteiger partial charge in [0.05, 0.1) is 17.6 Å². The van der Waals surface area contributed by atoms with Gasteiger partial charge in [0, 0.05) is 25.0 Å². The zero-order valence-corrected chi connectivity index (χ0v) is 25.4. The summed E-state index contributed by atoms with van der Waals surface area (Å²) in [6.07, 6.45) is 8.35. The fraction of sp³-hybridized carbons (Fsp3) is 0.545. The van der Waals surface area contributed by atoms with Gasteiger partial charge in [0.25, 0.3) is 0 Å². The molecule has 2 aliphatic rings. The van der Waals surface area contributed by atoms with Crippen LogP contribution in [-0.2, 0) is 6.54 Å². The third kappa shape index (κ3) is 6.59. The number of tetrazole rings is 1. The molecule has 3 heterocycles. The fourth-order valence-electron chi connectivity index (χ4n) is 7.02. The number of benzene rings is 2. The molecule has 2 aromatic carbocycles. The zero-order chi connectivity index (χ0) is 29.8. The molecule has 1 aliphatic carbocycles. The Morgan fingerprint density at radius 3 is 2.35 bits per heavy atom. The molecule has 10 heteroatoms. The largest absolute Gasteiger partial charge is 0.337 e. The summed E-state index contributed by atoms with van der Waals surface area (Å²) < 4.78 is 2.97. The van der Waals surface area contributed by atoms with E-state index in [4.69, 9.17) is 5.10 Å². The second-order valence-electron chi connectivity index (χ2n) is 12.7. The minimum absolute atomic E-state index is 0.0307. The normalized spacial score (nSPS) is 17.9. The molecule has 4 aromatic rings. The lowest BCUT2D eigenvalue weighted by Crippen LogP contribution is -2.43. The molecule has 0 radical (unpaired) electrons. The number of amides is 1. The van der Waals surface area contributed by atoms with Crippen LogP contribution in [0.25, 0.3) is 11.0 Å². The first kappa shape index (κ1) is 29.3. The molecule has 228 valence electrons. The van der Waals surface area contributed by atoms with Gasteiger partial charge in [-0.25, -0.2) is 14.2 Å². The summed E-state index contributed by atoms with van der Waals surface area (Å²) in [5.41, 5.74) is 2.32. The van der Waals surface area contributed by atoms with Gasteiger partial charge in [-0.15, -0.1) is 10.2 Å². The lowest BCUT2D eigenvalue weighted by molar-refractivity contribution is 0.148. The number of piperidine rings is 1. The van der Waals surface area contributed by atoms with Gasteiger partial charge in [0.15, 0.2) is 5.82 Å². The van der Waals surface area contributed by atoms with Crippen LogP contribution in [-0.4, -0.2) is 66.5 Å². The summed E-state index contributed by atoms with van der Waals surface area (Å²) in [5.74, 6) is 2.13. The molecule has 1 aliphatic heterocycles. The monoisotopic (exact) mass is 584 g/mol. The summed E-state index contributed by atoms with van der Waals surface area (Å²) >= 11 is 0. The van der Waals surface area contributed by atoms with Crippen molar-refractivity contribution in [3.8, 4) is 0 Å². The highest BCUT2D eigenvalue weighted by atomic mass is 16.2. The van der Waals surface area contributed by atoms with E-state index >= 15 is 0 Å². The molecule has 10 nitrogen and oxygen atoms in total. The number of hydrogen-bond donors (Lipinski definition) is 1. The maximum atomic E-state index is 13.2. The van der Waals surface area contributed by atoms with E-state index in [1.165, 1.54) is 42.2 Å². The van der Waals surface area contributed by atoms with Crippen LogP contribution < -0.4 is 11.0 Å². The van der Waals surface area contributed by atoms with E-state index in [0.29, 0.717) is 30.4 Å². The molecule has 6 rings (SSSR count). The summed E-state index contributed by atoms with van der Waals surface area (Å²) in [5, 5.41) is 16.9. The van der Waals surface area contributed by atoms with Crippen molar-refractivity contribution in [3.63, 3.8) is 0 Å². The Hall–Kier alpha value is -3.79. The quantitative estimate of drug-likeness (QED) is 0.295. The predicted molar refractivity (Wildman–Crippen MR) is 167 cm³/mol. The van der Waals surface area contributed by atoms with Gasteiger partial charge in [0.2, 0.25) is 0 Å². The van der Waals surface area contributed by atoms with Crippen LogP contribution in [0, 0.1) is 11.8 Å². The number of rotatable bonds is 9. The number of nitrogens with one attached hydrogen (secondary N) is 1. The smallest absolute Gasteiger partial charge is 0.337 e. The number of carbonyl (C=O) groups excluding carboxylic acids is 1. The number of carbonyl (C=O) groups is 1. The van der Waals surface area contributed by atoms with Crippen molar-refractivity contribution in [2.45, 2.75) is 77.3 Å². The van der Waals surface area contributed by atoms with Gasteiger partial charge in [0.1, 0.15) is 0 Å². The highest BCUT2D eigenvalue weighted by Crippen LogP contribution is 2.36. The van der Waals surface area contributed by atoms with Gasteiger partial charge < -0.3 is 10.2 Å². The van der Waals surface area contributed by atoms with Crippen LogP contribution in [0.15, 0.2) is 59.4 Å². The summed E-state index contributed by atoms with van der Waals surface area (Å²) in [6, 6.07) is 17.4. The maximum Gasteiger partial charge on any atom is 0.337 e. The van der Waals surface area contributed by atoms with Crippen molar-refractivity contribution in [1.29, 1.82) is 0 Å². The van der Waals surface area contributed by atoms with Gasteiger partial charge in [-0.3, -0.25) is 4.57 Å². The number of nitrogens with zero attached hydrogens (tertiary/aromatic N) is 7. The van der Waals surface area contributed by atoms with Crippen molar-refractivity contribution in [2.24, 2.45) is 11.8 Å². The Kier molecular flexibility index (Phi) is 9.02. The van der Waals surface area contributed by atoms with Crippen molar-refractivity contribution < 1.29 is 4.79 Å². The van der Waals surface area contributed by atoms with Gasteiger partial charge >= 0.3 is 11.7 Å². The Bertz CT molecular complexity index is 1560. The second-order valence-corrected chi connectivity index (χ2v) is 12.7. The van der Waals surface area contributed by atoms with Crippen LogP contribution in [0.5, 0.6) is 0 Å². The van der Waals surface area contributed by atoms with E-state index in [0.717, 1.165) is 43.8 Å². The number of hydrogen-bond acceptors (Lipinski definition) is 6. The molecule has 1 unspecified atom stereocenters. The molecule has 2 fully saturated rings. The van der Waals surface area contributed by atoms with Crippen LogP contribution in [0.4, 0.5) is 4.79 Å². The summed E-state index contributed by atoms with van der Waals surface area (Å²) in [7, 11) is 0. The van der Waals surface area contributed by atoms with E-state index in [1.54, 1.807) is 9.36 Å². The van der Waals surface area contributed by atoms with E-state index in [2.05, 4.69) is 32.7 Å². The molecule has 1 N–H and O–H groups in total. The van der Waals surface area contributed by atoms with Gasteiger partial charge in [-0.05, 0) is 87.4 Å². The molecular formula is C33H44N8O2. The minimum Gasteiger partial charge on any atom is -0.337 e. The van der Waals surface area contributed by atoms with Gasteiger partial charge in [-0.2, -0.15) is 4.80 Å². The first-order chi connectivity index (χ1) is 21.0. The van der Waals surface area contributed by atoms with Crippen LogP contribution in [0.1, 0.15) is 82.1 Å². The fourth-order valence-corrected chi connectivity index (χ4v) is 7.02. The lowest BCUT2D eigenvalue weighted by atomic mass is 9.79. The summed E-state index contributed by atoms with van der Waals surface area (Å²) in [6.45, 7) is 8.04. The first-order valence-electron chi connectivity index (χ1n) is 16.0. The maximum absolute atomic E-state index is 13.2. The van der Waals surface area contributed by atoms with Crippen molar-refractivity contribution in [2.75, 3.05) is 26.2 Å². The molecule has 1 saturated heterocycles. The molecule has 0 bridgehead atoms. The van der Waals surface area contributed by atoms with E-state index in [1.807, 2.05) is 56.3 Å². The van der Waals surface area contributed by atoms with Crippen molar-refractivity contribution >= 4 is 17.1 Å². The highest BCUT2D eigenvalue weighted by Gasteiger charge is 2.32. The number of likely N-dealkylation sites (tertiary alicyclic amines) is 1. The zero-order valence-electron chi connectivity index (χ0n) is 25.4. The average Bonchev–Trinajstić information content (AvgIpc) is 3.61. The van der Waals surface area contributed by atoms with Crippen LogP contribution >= 0.6 is 0 Å². The number of aromatic nitrogens is 6. The van der Waals surface area contributed by atoms with E-state index < -0.39 is 0 Å². The Balaban J connectivity index is 1.06. The minimum atomic E-state index is -0.343. The highest BCUT2D eigenvalue weighted by molar-refractivity contribution is 5.89. The summed E-state index contributed by atoms with van der Waals surface area (Å²) in [4.78, 5) is 30.7. The molecule has 1 amide bonds. The third-order valence-electron chi connectivity index (χ3n) is 9.39. The lowest BCUT2D eigenvalue weighted by Gasteiger charge is -2.36. The first-order valence-corrected chi connectivity index (χ1v) is 16.0. The van der Waals surface area contributed by atoms with E-state index in [9.17, 15) is 9.59 Å². The van der Waals surface area contributed by atoms with E-state index in [-0.39, 0.29) is 23.7 Å². The number of fused-ring (bicyclic) bond motifs is 1. The average molecular weight is 585 g/mol. The molecule has 0 spiro atoms. The standard InChI is InChI=1S/C33H44N8O2/c1-24(2)40-29-15-9-10-16-30(29)41(33(40)43)32(42)34-21-25-17-19-38(20-18-25)23-28(27-13-7-4-8-14-27)31-35-37-39(36-31)22-26-11-5-3-6-12-26/h3,5-6,9-12,15-16,24-25,27-28H,4,7-8,13-14,17-23H2,1-2H3,(H,34,42). The van der Waals surface area contributed by atoms with Crippen molar-refractivity contribution in [3.05, 3.63) is 76.5 Å². The topological polar surface area (TPSA) is 103 Å². The molecule has 1 atom stereocenters. The third-order valence-corrected chi connectivity index (χ3v) is 9.39. The SMILES string of the molecule is CC(C)n1c(=O)n(C(=O)NCC2CCN(CC(c3nnn(Cc4ccccc4)n3)C3CCCCC3)CC2)c2ccccc21. The number of imidazole rings is 1. The number of para-hydroxylation sites is 2. The Labute approximate surface area is 253 Å². The van der Waals surface area contributed by atoms with Gasteiger partial charge in [-0.1, -0.05) is 61.7 Å². The Morgan fingerprint density at radius 2 is 1.63 bits per heavy atom. The molecule has 43 heavy (non-hydrogen) atoms. The second kappa shape index (κ2) is 13.2. The van der Waals surface area contributed by atoms with Crippen LogP contribution in [0.2, 0.25) is 0 Å².